The van der Waals surface area contributed by atoms with Crippen LogP contribution in [0.4, 0.5) is 0 Å². The van der Waals surface area contributed by atoms with Gasteiger partial charge in [-0.2, -0.15) is 0 Å². The fourth-order valence-electron chi connectivity index (χ4n) is 5.81. The number of rotatable bonds is 24. The summed E-state index contributed by atoms with van der Waals surface area (Å²) in [6, 6.07) is -7.12. The highest BCUT2D eigenvalue weighted by Gasteiger charge is 2.39. The smallest absolute Gasteiger partial charge is 0.322 e. The van der Waals surface area contributed by atoms with Crippen LogP contribution in [-0.2, 0) is 47.9 Å². The Balaban J connectivity index is 3.14. The number of likely N-dealkylation sites (tertiary alicyclic amines) is 1. The Morgan fingerprint density at radius 3 is 1.77 bits per heavy atom. The molecule has 0 unspecified atom stereocenters. The fraction of sp³-hybridized carbons (Fsp3) is 0.714. The summed E-state index contributed by atoms with van der Waals surface area (Å²) in [4.78, 5) is 127. The van der Waals surface area contributed by atoms with Crippen molar-refractivity contribution < 1.29 is 58.2 Å². The average molecular weight is 798 g/mol. The molecule has 1 heterocycles. The molecule has 6 atom stereocenters. The predicted molar refractivity (Wildman–Crippen MR) is 199 cm³/mol. The van der Waals surface area contributed by atoms with Gasteiger partial charge in [0.2, 0.25) is 47.3 Å². The van der Waals surface area contributed by atoms with Crippen LogP contribution in [0.2, 0.25) is 0 Å². The van der Waals surface area contributed by atoms with Crippen molar-refractivity contribution >= 4 is 59.2 Å². The van der Waals surface area contributed by atoms with Gasteiger partial charge in [0.05, 0.1) is 12.6 Å². The minimum Gasteiger partial charge on any atom is -0.481 e. The van der Waals surface area contributed by atoms with Crippen LogP contribution in [0, 0.1) is 17.8 Å². The van der Waals surface area contributed by atoms with Crippen LogP contribution in [0.25, 0.3) is 0 Å². The van der Waals surface area contributed by atoms with E-state index < -0.39 is 120 Å². The van der Waals surface area contributed by atoms with Crippen LogP contribution < -0.4 is 43.4 Å². The van der Waals surface area contributed by atoms with Crippen molar-refractivity contribution in [3.63, 3.8) is 0 Å². The van der Waals surface area contributed by atoms with Gasteiger partial charge in [0.1, 0.15) is 36.8 Å². The molecule has 0 aliphatic carbocycles. The lowest BCUT2D eigenvalue weighted by Gasteiger charge is -2.31. The van der Waals surface area contributed by atoms with Crippen molar-refractivity contribution in [2.24, 2.45) is 29.2 Å². The van der Waals surface area contributed by atoms with Crippen molar-refractivity contribution in [3.8, 4) is 0 Å². The third-order valence-electron chi connectivity index (χ3n) is 8.83. The summed E-state index contributed by atoms with van der Waals surface area (Å²) in [6.45, 7) is 9.06. The second-order valence-corrected chi connectivity index (χ2v) is 14.8. The van der Waals surface area contributed by atoms with E-state index in [9.17, 15) is 47.9 Å². The van der Waals surface area contributed by atoms with Gasteiger partial charge in [-0.05, 0) is 49.9 Å². The van der Waals surface area contributed by atoms with E-state index in [2.05, 4.69) is 31.9 Å². The normalized spacial score (nSPS) is 16.5. The van der Waals surface area contributed by atoms with E-state index in [0.29, 0.717) is 6.42 Å². The quantitative estimate of drug-likeness (QED) is 0.0468. The molecule has 0 spiro atoms. The monoisotopic (exact) mass is 797 g/mol. The van der Waals surface area contributed by atoms with E-state index in [0.717, 1.165) is 0 Å². The van der Waals surface area contributed by atoms with Gasteiger partial charge in [-0.1, -0.05) is 41.5 Å². The van der Waals surface area contributed by atoms with Gasteiger partial charge in [-0.3, -0.25) is 47.9 Å². The molecule has 0 aromatic rings. The van der Waals surface area contributed by atoms with E-state index in [1.165, 1.54) is 4.90 Å². The summed E-state index contributed by atoms with van der Waals surface area (Å²) >= 11 is 0. The van der Waals surface area contributed by atoms with E-state index >= 15 is 0 Å². The molecule has 12 N–H and O–H groups in total. The molecule has 1 fully saturated rings. The van der Waals surface area contributed by atoms with Crippen LogP contribution in [0.15, 0.2) is 0 Å². The first-order valence-corrected chi connectivity index (χ1v) is 18.6. The van der Waals surface area contributed by atoms with E-state index in [4.69, 9.17) is 21.7 Å². The SMILES string of the molecule is CC(C)C[C@H](NC(=O)[C@@H](NC(=O)CNC(=O)[C@@H](N)CCC(=O)O)C(C)C)C(=O)N[C@H](C(=O)N[C@@H](CCC(N)=O)C(=O)N1CCC[C@H]1C(=O)NCC(=O)O)C(C)C. The van der Waals surface area contributed by atoms with E-state index in [1.54, 1.807) is 41.5 Å². The molecule has 1 aliphatic rings. The lowest BCUT2D eigenvalue weighted by Crippen LogP contribution is -2.61. The molecule has 1 saturated heterocycles. The maximum absolute atomic E-state index is 13.7. The van der Waals surface area contributed by atoms with E-state index in [1.807, 2.05) is 0 Å². The van der Waals surface area contributed by atoms with Crippen LogP contribution in [0.5, 0.6) is 0 Å². The Morgan fingerprint density at radius 2 is 1.25 bits per heavy atom. The molecule has 0 aromatic carbocycles. The zero-order valence-corrected chi connectivity index (χ0v) is 32.8. The number of hydrogen-bond donors (Lipinski definition) is 10. The number of nitrogens with zero attached hydrogens (tertiary/aromatic N) is 1. The van der Waals surface area contributed by atoms with Crippen molar-refractivity contribution in [1.82, 2.24) is 36.8 Å². The number of nitrogens with two attached hydrogens (primary N) is 2. The second kappa shape index (κ2) is 23.6. The van der Waals surface area contributed by atoms with Crippen LogP contribution in [0.3, 0.4) is 0 Å². The molecule has 8 amide bonds. The van der Waals surface area contributed by atoms with Crippen molar-refractivity contribution in [1.29, 1.82) is 0 Å². The molecule has 0 radical (unpaired) electrons. The van der Waals surface area contributed by atoms with E-state index in [-0.39, 0.29) is 51.0 Å². The molecular formula is C35H59N9O12. The second-order valence-electron chi connectivity index (χ2n) is 14.8. The van der Waals surface area contributed by atoms with Crippen molar-refractivity contribution in [3.05, 3.63) is 0 Å². The van der Waals surface area contributed by atoms with Crippen molar-refractivity contribution in [2.45, 2.75) is 123 Å². The highest BCUT2D eigenvalue weighted by molar-refractivity contribution is 5.97. The first-order valence-electron chi connectivity index (χ1n) is 18.6. The summed E-state index contributed by atoms with van der Waals surface area (Å²) in [5.74, 6) is -9.52. The molecule has 21 heteroatoms. The predicted octanol–water partition coefficient (Wildman–Crippen LogP) is -2.95. The van der Waals surface area contributed by atoms with Gasteiger partial charge in [-0.25, -0.2) is 0 Å². The Hall–Kier alpha value is -5.34. The third-order valence-corrected chi connectivity index (χ3v) is 8.83. The molecule has 0 saturated carbocycles. The molecular weight excluding hydrogens is 738 g/mol. The van der Waals surface area contributed by atoms with Gasteiger partial charge in [0.15, 0.2) is 0 Å². The maximum Gasteiger partial charge on any atom is 0.322 e. The Morgan fingerprint density at radius 1 is 0.679 bits per heavy atom. The van der Waals surface area contributed by atoms with Crippen molar-refractivity contribution in [2.75, 3.05) is 19.6 Å². The minimum absolute atomic E-state index is 0.118. The number of carbonyl (C=O) groups excluding carboxylic acids is 8. The molecule has 21 nitrogen and oxygen atoms in total. The van der Waals surface area contributed by atoms with Gasteiger partial charge in [0, 0.05) is 19.4 Å². The zero-order chi connectivity index (χ0) is 42.9. The third kappa shape index (κ3) is 17.0. The van der Waals surface area contributed by atoms with Crippen LogP contribution in [-0.4, -0.2) is 130 Å². The number of primary amides is 1. The molecule has 0 bridgehead atoms. The van der Waals surface area contributed by atoms with Gasteiger partial charge in [-0.15, -0.1) is 0 Å². The molecule has 1 aliphatic heterocycles. The van der Waals surface area contributed by atoms with Gasteiger partial charge in [0.25, 0.3) is 0 Å². The summed E-state index contributed by atoms with van der Waals surface area (Å²) < 4.78 is 0. The lowest BCUT2D eigenvalue weighted by molar-refractivity contribution is -0.143. The highest BCUT2D eigenvalue weighted by atomic mass is 16.4. The molecule has 316 valence electrons. The number of carbonyl (C=O) groups is 10. The summed E-state index contributed by atoms with van der Waals surface area (Å²) in [6.07, 6.45) is -0.249. The first kappa shape index (κ1) is 48.7. The summed E-state index contributed by atoms with van der Waals surface area (Å²) in [5.41, 5.74) is 11.0. The number of nitrogens with one attached hydrogen (secondary N) is 6. The maximum atomic E-state index is 13.7. The standard InChI is InChI=1S/C35H59N9O12/c1-17(2)14-22(41-33(54)28(18(3)4)42-25(46)15-38-30(51)20(36)9-12-26(47)48)31(52)43-29(19(5)6)34(55)40-21(10-11-24(37)45)35(56)44-13-7-8-23(44)32(53)39-16-27(49)50/h17-23,28-29H,7-16,36H2,1-6H3,(H2,37,45)(H,38,51)(H,39,53)(H,40,55)(H,41,54)(H,42,46)(H,43,52)(H,47,48)(H,49,50)/t20-,21-,22-,23-,28-,29-/m0/s1. The minimum atomic E-state index is -1.34. The highest BCUT2D eigenvalue weighted by Crippen LogP contribution is 2.20. The summed E-state index contributed by atoms with van der Waals surface area (Å²) in [5, 5.41) is 32.7. The molecule has 56 heavy (non-hydrogen) atoms. The topological polar surface area (TPSA) is 339 Å². The number of carboxylic acid groups (broad SMARTS) is 2. The number of amides is 8. The first-order chi connectivity index (χ1) is 26.0. The van der Waals surface area contributed by atoms with Gasteiger partial charge >= 0.3 is 11.9 Å². The largest absolute Gasteiger partial charge is 0.481 e. The van der Waals surface area contributed by atoms with Crippen LogP contribution >= 0.6 is 0 Å². The van der Waals surface area contributed by atoms with Gasteiger partial charge < -0.3 is 58.5 Å². The number of aliphatic carboxylic acids is 2. The molecule has 1 rings (SSSR count). The average Bonchev–Trinajstić information content (AvgIpc) is 3.60. The Bertz CT molecular complexity index is 1450. The number of hydrogen-bond acceptors (Lipinski definition) is 11. The Kier molecular flexibility index (Phi) is 20.5. The number of carboxylic acids is 2. The fourth-order valence-corrected chi connectivity index (χ4v) is 5.81. The Labute approximate surface area is 325 Å². The van der Waals surface area contributed by atoms with Crippen LogP contribution in [0.1, 0.15) is 86.5 Å². The molecule has 0 aromatic heterocycles. The summed E-state index contributed by atoms with van der Waals surface area (Å²) in [7, 11) is 0. The zero-order valence-electron chi connectivity index (χ0n) is 32.8. The lowest BCUT2D eigenvalue weighted by atomic mass is 9.98.